The molecule has 0 aliphatic carbocycles. The summed E-state index contributed by atoms with van der Waals surface area (Å²) >= 11 is 0. The van der Waals surface area contributed by atoms with Crippen molar-refractivity contribution in [2.24, 2.45) is 0 Å². The first-order valence-electron chi connectivity index (χ1n) is 11.7. The van der Waals surface area contributed by atoms with E-state index in [2.05, 4.69) is 30.3 Å². The van der Waals surface area contributed by atoms with Crippen LogP contribution in [0, 0.1) is 0 Å². The Morgan fingerprint density at radius 3 is 2.91 bits per heavy atom. The lowest BCUT2D eigenvalue weighted by atomic mass is 10.1. The second-order valence-electron chi connectivity index (χ2n) is 8.53. The minimum atomic E-state index is 0.549. The van der Waals surface area contributed by atoms with Gasteiger partial charge in [-0.25, -0.2) is 4.98 Å². The number of methoxy groups -OCH3 is 1. The molecular weight excluding hydrogens is 418 g/mol. The first-order chi connectivity index (χ1) is 16.3. The van der Waals surface area contributed by atoms with Crippen LogP contribution in [0.5, 0.6) is 11.5 Å². The van der Waals surface area contributed by atoms with Crippen molar-refractivity contribution in [1.82, 2.24) is 25.1 Å². The average molecular weight is 450 g/mol. The maximum atomic E-state index is 6.06. The minimum absolute atomic E-state index is 0.549. The number of aromatic amines is 1. The fraction of sp³-hybridized carbons (Fsp3) is 0.458. The van der Waals surface area contributed by atoms with Crippen LogP contribution in [-0.2, 0) is 13.0 Å². The molecule has 2 aliphatic heterocycles. The predicted octanol–water partition coefficient (Wildman–Crippen LogP) is 3.38. The van der Waals surface area contributed by atoms with E-state index in [9.17, 15) is 0 Å². The highest BCUT2D eigenvalue weighted by Crippen LogP contribution is 2.31. The van der Waals surface area contributed by atoms with Crippen molar-refractivity contribution in [3.63, 3.8) is 0 Å². The highest BCUT2D eigenvalue weighted by Gasteiger charge is 2.19. The maximum absolute atomic E-state index is 6.06. The Morgan fingerprint density at radius 1 is 1.12 bits per heavy atom. The lowest BCUT2D eigenvalue weighted by Gasteiger charge is -2.27. The van der Waals surface area contributed by atoms with E-state index < -0.39 is 0 Å². The quantitative estimate of drug-likeness (QED) is 0.481. The van der Waals surface area contributed by atoms with E-state index in [0.717, 1.165) is 61.2 Å². The Labute approximate surface area is 194 Å². The fourth-order valence-electron chi connectivity index (χ4n) is 4.47. The number of rotatable bonds is 9. The molecule has 0 saturated carbocycles. The van der Waals surface area contributed by atoms with Gasteiger partial charge in [0.15, 0.2) is 11.5 Å². The summed E-state index contributed by atoms with van der Waals surface area (Å²) in [6.07, 6.45) is 8.28. The van der Waals surface area contributed by atoms with Gasteiger partial charge in [-0.05, 0) is 62.5 Å². The molecule has 3 aromatic rings. The van der Waals surface area contributed by atoms with E-state index in [1.165, 1.54) is 31.5 Å². The van der Waals surface area contributed by atoms with Gasteiger partial charge in [-0.1, -0.05) is 0 Å². The Balaban J connectivity index is 1.22. The Morgan fingerprint density at radius 2 is 2.03 bits per heavy atom. The van der Waals surface area contributed by atoms with Gasteiger partial charge in [-0.2, -0.15) is 10.1 Å². The summed E-state index contributed by atoms with van der Waals surface area (Å²) in [4.78, 5) is 13.9. The van der Waals surface area contributed by atoms with Gasteiger partial charge in [0.1, 0.15) is 5.82 Å². The van der Waals surface area contributed by atoms with Gasteiger partial charge in [-0.3, -0.25) is 5.10 Å². The third kappa shape index (κ3) is 5.19. The van der Waals surface area contributed by atoms with Crippen molar-refractivity contribution in [3.8, 4) is 11.5 Å². The number of fused-ring (bicyclic) bond motifs is 1. The van der Waals surface area contributed by atoms with Crippen molar-refractivity contribution in [3.05, 3.63) is 47.9 Å². The van der Waals surface area contributed by atoms with Gasteiger partial charge in [0, 0.05) is 31.0 Å². The van der Waals surface area contributed by atoms with Crippen molar-refractivity contribution >= 4 is 17.5 Å². The van der Waals surface area contributed by atoms with Gasteiger partial charge in [-0.15, -0.1) is 0 Å². The molecule has 1 fully saturated rings. The smallest absolute Gasteiger partial charge is 0.229 e. The van der Waals surface area contributed by atoms with Gasteiger partial charge in [0.2, 0.25) is 5.95 Å². The fourth-order valence-corrected chi connectivity index (χ4v) is 4.47. The lowest BCUT2D eigenvalue weighted by molar-refractivity contribution is 0.254. The van der Waals surface area contributed by atoms with Crippen LogP contribution in [0.4, 0.5) is 17.5 Å². The topological polar surface area (TPSA) is 91.4 Å². The molecule has 33 heavy (non-hydrogen) atoms. The van der Waals surface area contributed by atoms with Crippen molar-refractivity contribution in [2.45, 2.75) is 32.2 Å². The molecule has 174 valence electrons. The number of aromatic nitrogens is 4. The third-order valence-electron chi connectivity index (χ3n) is 6.27. The second kappa shape index (κ2) is 10.1. The number of likely N-dealkylation sites (tertiary alicyclic amines) is 1. The second-order valence-corrected chi connectivity index (χ2v) is 8.53. The van der Waals surface area contributed by atoms with Crippen LogP contribution >= 0.6 is 0 Å². The largest absolute Gasteiger partial charge is 0.493 e. The molecular formula is C24H31N7O2. The van der Waals surface area contributed by atoms with Crippen LogP contribution in [0.15, 0.2) is 36.7 Å². The Bertz CT molecular complexity index is 1060. The molecule has 0 radical (unpaired) electrons. The van der Waals surface area contributed by atoms with E-state index in [1.807, 2.05) is 30.5 Å². The number of hydrogen-bond acceptors (Lipinski definition) is 8. The molecule has 0 unspecified atom stereocenters. The normalized spacial score (nSPS) is 16.0. The van der Waals surface area contributed by atoms with Gasteiger partial charge in [0.25, 0.3) is 0 Å². The lowest BCUT2D eigenvalue weighted by Crippen LogP contribution is -2.30. The number of nitrogens with zero attached hydrogens (tertiary/aromatic N) is 5. The number of hydrogen-bond donors (Lipinski definition) is 2. The van der Waals surface area contributed by atoms with Gasteiger partial charge >= 0.3 is 0 Å². The van der Waals surface area contributed by atoms with Gasteiger partial charge < -0.3 is 24.6 Å². The van der Waals surface area contributed by atoms with Crippen LogP contribution < -0.4 is 19.7 Å². The molecule has 2 aromatic heterocycles. The highest BCUT2D eigenvalue weighted by molar-refractivity contribution is 5.60. The molecule has 5 rings (SSSR count). The summed E-state index contributed by atoms with van der Waals surface area (Å²) in [6.45, 7) is 5.83. The molecule has 0 spiro atoms. The molecule has 0 amide bonds. The summed E-state index contributed by atoms with van der Waals surface area (Å²) in [7, 11) is 1.66. The first-order valence-corrected chi connectivity index (χ1v) is 11.7. The van der Waals surface area contributed by atoms with E-state index in [1.54, 1.807) is 13.3 Å². The zero-order valence-corrected chi connectivity index (χ0v) is 19.1. The Kier molecular flexibility index (Phi) is 6.57. The van der Waals surface area contributed by atoms with Crippen LogP contribution in [0.2, 0.25) is 0 Å². The number of nitrogens with one attached hydrogen (secondary N) is 2. The number of ether oxygens (including phenoxy) is 2. The SMILES string of the molecule is COc1ccc(Nc2nccc(N3CCc4cn[nH]c4C3)n2)cc1OCCCN1CCCC1. The monoisotopic (exact) mass is 449 g/mol. The van der Waals surface area contributed by atoms with E-state index >= 15 is 0 Å². The molecule has 4 heterocycles. The van der Waals surface area contributed by atoms with Crippen LogP contribution in [0.1, 0.15) is 30.5 Å². The standard InChI is InChI=1S/C24H31N7O2/c1-32-21-6-5-19(15-22(21)33-14-4-12-30-10-2-3-11-30)27-24-25-9-7-23(28-24)31-13-8-18-16-26-29-20(18)17-31/h5-7,9,15-16H,2-4,8,10-14,17H2,1H3,(H,26,29)(H,25,27,28). The predicted molar refractivity (Wildman–Crippen MR) is 127 cm³/mol. The van der Waals surface area contributed by atoms with Crippen LogP contribution in [0.3, 0.4) is 0 Å². The molecule has 2 N–H and O–H groups in total. The molecule has 2 aliphatic rings. The average Bonchev–Trinajstić information content (AvgIpc) is 3.54. The third-order valence-corrected chi connectivity index (χ3v) is 6.27. The summed E-state index contributed by atoms with van der Waals surface area (Å²) in [5.74, 6) is 2.88. The van der Waals surface area contributed by atoms with E-state index in [-0.39, 0.29) is 0 Å². The summed E-state index contributed by atoms with van der Waals surface area (Å²) in [6, 6.07) is 7.74. The zero-order chi connectivity index (χ0) is 22.5. The van der Waals surface area contributed by atoms with Crippen LogP contribution in [0.25, 0.3) is 0 Å². The van der Waals surface area contributed by atoms with Crippen molar-refractivity contribution in [2.75, 3.05) is 50.1 Å². The highest BCUT2D eigenvalue weighted by atomic mass is 16.5. The minimum Gasteiger partial charge on any atom is -0.493 e. The Hall–Kier alpha value is -3.33. The maximum Gasteiger partial charge on any atom is 0.229 e. The zero-order valence-electron chi connectivity index (χ0n) is 19.1. The first kappa shape index (κ1) is 21.5. The van der Waals surface area contributed by atoms with Gasteiger partial charge in [0.05, 0.1) is 32.2 Å². The molecule has 9 nitrogen and oxygen atoms in total. The molecule has 0 bridgehead atoms. The number of H-pyrrole nitrogens is 1. The molecule has 0 atom stereocenters. The molecule has 1 saturated heterocycles. The number of anilines is 3. The van der Waals surface area contributed by atoms with Crippen molar-refractivity contribution < 1.29 is 9.47 Å². The summed E-state index contributed by atoms with van der Waals surface area (Å²) in [5, 5.41) is 10.6. The van der Waals surface area contributed by atoms with Crippen molar-refractivity contribution in [1.29, 1.82) is 0 Å². The molecule has 1 aromatic carbocycles. The number of benzene rings is 1. The van der Waals surface area contributed by atoms with E-state index in [4.69, 9.17) is 14.5 Å². The summed E-state index contributed by atoms with van der Waals surface area (Å²) < 4.78 is 11.6. The summed E-state index contributed by atoms with van der Waals surface area (Å²) in [5.41, 5.74) is 3.29. The molecule has 9 heteroatoms. The van der Waals surface area contributed by atoms with Crippen LogP contribution in [-0.4, -0.2) is 65.0 Å². The van der Waals surface area contributed by atoms with E-state index in [0.29, 0.717) is 12.6 Å².